The number of esters is 2. The number of imide groups is 2. The highest BCUT2D eigenvalue weighted by Crippen LogP contribution is 2.09. The van der Waals surface area contributed by atoms with Crippen LogP contribution in [0.2, 0.25) is 0 Å². The van der Waals surface area contributed by atoms with Crippen LogP contribution in [0, 0.1) is 0 Å². The highest BCUT2D eigenvalue weighted by Gasteiger charge is 2.23. The van der Waals surface area contributed by atoms with Crippen molar-refractivity contribution in [2.75, 3.05) is 112 Å². The second-order valence-electron chi connectivity index (χ2n) is 13.6. The van der Waals surface area contributed by atoms with Gasteiger partial charge in [-0.05, 0) is 32.7 Å². The molecule has 0 spiro atoms. The van der Waals surface area contributed by atoms with Gasteiger partial charge >= 0.3 is 24.1 Å². The Labute approximate surface area is 359 Å². The third-order valence-electron chi connectivity index (χ3n) is 8.66. The number of ether oxygens (including phenoxy) is 6. The maximum Gasteiger partial charge on any atom is 0.407 e. The predicted octanol–water partition coefficient (Wildman–Crippen LogP) is -1.31. The summed E-state index contributed by atoms with van der Waals surface area (Å²) < 4.78 is 30.6. The molecule has 0 aliphatic carbocycles. The molecular formula is C39H59N7O16. The second kappa shape index (κ2) is 31.9. The Morgan fingerprint density at radius 2 is 0.871 bits per heavy atom. The van der Waals surface area contributed by atoms with Gasteiger partial charge in [0.1, 0.15) is 39.5 Å². The zero-order valence-corrected chi connectivity index (χ0v) is 35.2. The summed E-state index contributed by atoms with van der Waals surface area (Å²) >= 11 is 0. The first-order valence-corrected chi connectivity index (χ1v) is 20.4. The number of carbonyl (C=O) groups is 10. The molecule has 346 valence electrons. The third-order valence-corrected chi connectivity index (χ3v) is 8.66. The van der Waals surface area contributed by atoms with Crippen LogP contribution in [0.4, 0.5) is 9.59 Å². The summed E-state index contributed by atoms with van der Waals surface area (Å²) in [6.45, 7) is 1.37. The topological polar surface area (TPSA) is 284 Å². The molecule has 0 atom stereocenters. The number of rotatable bonds is 34. The Hall–Kier alpha value is -5.94. The van der Waals surface area contributed by atoms with Crippen LogP contribution in [0.25, 0.3) is 0 Å². The van der Waals surface area contributed by atoms with Crippen LogP contribution in [0.5, 0.6) is 0 Å². The maximum absolute atomic E-state index is 11.9. The van der Waals surface area contributed by atoms with Crippen LogP contribution in [0.3, 0.4) is 0 Å². The highest BCUT2D eigenvalue weighted by molar-refractivity contribution is 6.13. The first-order chi connectivity index (χ1) is 29.8. The largest absolute Gasteiger partial charge is 0.463 e. The van der Waals surface area contributed by atoms with Crippen LogP contribution < -0.4 is 21.3 Å². The fraction of sp³-hybridized carbons (Fsp3) is 0.641. The van der Waals surface area contributed by atoms with Gasteiger partial charge in [0, 0.05) is 76.4 Å². The summed E-state index contributed by atoms with van der Waals surface area (Å²) in [7, 11) is 1.71. The summed E-state index contributed by atoms with van der Waals surface area (Å²) in [4.78, 5) is 121. The Morgan fingerprint density at radius 1 is 0.484 bits per heavy atom. The number of amides is 8. The molecule has 2 aliphatic rings. The van der Waals surface area contributed by atoms with E-state index in [1.807, 2.05) is 0 Å². The van der Waals surface area contributed by atoms with Crippen molar-refractivity contribution >= 4 is 59.6 Å². The van der Waals surface area contributed by atoms with Gasteiger partial charge in [-0.25, -0.2) is 9.59 Å². The van der Waals surface area contributed by atoms with E-state index in [9.17, 15) is 47.9 Å². The number of carbonyl (C=O) groups excluding carboxylic acids is 10. The van der Waals surface area contributed by atoms with Crippen molar-refractivity contribution in [1.82, 2.24) is 36.0 Å². The normalized spacial score (nSPS) is 13.1. The van der Waals surface area contributed by atoms with Crippen LogP contribution in [0.1, 0.15) is 51.4 Å². The standard InChI is InChI=1S/C39H59N7O16/c1-44(18-22-59-36(53)28-42-38(55)61-26-24-57-20-14-40-30(47)8-4-2-6-16-45-32(49)10-11-33(45)50)19-23-60-37(54)29-43-39(56)62-27-25-58-21-15-41-31(48)9-5-3-7-17-46-34(51)12-13-35(46)52/h10-13H,2-9,14-29H2,1H3,(H,40,47)(H,41,48)(H,42,55)(H,43,56). The number of unbranched alkanes of at least 4 members (excludes halogenated alkanes) is 4. The molecule has 0 unspecified atom stereocenters. The Balaban J connectivity index is 1.31. The second-order valence-corrected chi connectivity index (χ2v) is 13.6. The number of likely N-dealkylation sites (N-methyl/N-ethyl adjacent to an activating group) is 1. The van der Waals surface area contributed by atoms with E-state index in [2.05, 4.69) is 21.3 Å². The lowest BCUT2D eigenvalue weighted by Gasteiger charge is -2.16. The molecular weight excluding hydrogens is 822 g/mol. The summed E-state index contributed by atoms with van der Waals surface area (Å²) in [5.74, 6) is -2.96. The van der Waals surface area contributed by atoms with E-state index in [4.69, 9.17) is 28.4 Å². The molecule has 2 rings (SSSR count). The van der Waals surface area contributed by atoms with E-state index in [0.29, 0.717) is 77.5 Å². The van der Waals surface area contributed by atoms with Crippen LogP contribution in [-0.4, -0.2) is 187 Å². The minimum Gasteiger partial charge on any atom is -0.463 e. The molecule has 62 heavy (non-hydrogen) atoms. The molecule has 0 saturated heterocycles. The molecule has 23 heteroatoms. The summed E-state index contributed by atoms with van der Waals surface area (Å²) in [6, 6.07) is 0. The number of alkyl carbamates (subject to hydrolysis) is 2. The fourth-order valence-electron chi connectivity index (χ4n) is 5.30. The van der Waals surface area contributed by atoms with E-state index in [1.54, 1.807) is 11.9 Å². The van der Waals surface area contributed by atoms with Crippen molar-refractivity contribution in [2.24, 2.45) is 0 Å². The number of nitrogens with zero attached hydrogens (tertiary/aromatic N) is 3. The lowest BCUT2D eigenvalue weighted by molar-refractivity contribution is -0.143. The average molecular weight is 882 g/mol. The summed E-state index contributed by atoms with van der Waals surface area (Å²) in [5.41, 5.74) is 0. The van der Waals surface area contributed by atoms with Crippen molar-refractivity contribution in [3.8, 4) is 0 Å². The van der Waals surface area contributed by atoms with Gasteiger partial charge in [0.15, 0.2) is 0 Å². The number of nitrogens with one attached hydrogen (secondary N) is 4. The molecule has 4 N–H and O–H groups in total. The maximum atomic E-state index is 11.9. The Kier molecular flexibility index (Phi) is 26.8. The Morgan fingerprint density at radius 3 is 1.26 bits per heavy atom. The van der Waals surface area contributed by atoms with Crippen LogP contribution in [0.15, 0.2) is 24.3 Å². The highest BCUT2D eigenvalue weighted by atomic mass is 16.6. The van der Waals surface area contributed by atoms with E-state index in [0.717, 1.165) is 0 Å². The van der Waals surface area contributed by atoms with Crippen molar-refractivity contribution in [2.45, 2.75) is 51.4 Å². The molecule has 0 radical (unpaired) electrons. The van der Waals surface area contributed by atoms with Gasteiger partial charge in [-0.3, -0.25) is 53.1 Å². The number of hydrogen-bond acceptors (Lipinski definition) is 17. The molecule has 0 aromatic heterocycles. The van der Waals surface area contributed by atoms with Crippen molar-refractivity contribution in [3.05, 3.63) is 24.3 Å². The monoisotopic (exact) mass is 881 g/mol. The smallest absolute Gasteiger partial charge is 0.407 e. The molecule has 0 bridgehead atoms. The van der Waals surface area contributed by atoms with Gasteiger partial charge in [-0.15, -0.1) is 0 Å². The van der Waals surface area contributed by atoms with Gasteiger partial charge in [0.05, 0.1) is 26.4 Å². The first-order valence-electron chi connectivity index (χ1n) is 20.4. The van der Waals surface area contributed by atoms with Crippen molar-refractivity contribution in [3.63, 3.8) is 0 Å². The van der Waals surface area contributed by atoms with Crippen molar-refractivity contribution in [1.29, 1.82) is 0 Å². The van der Waals surface area contributed by atoms with Gasteiger partial charge in [-0.2, -0.15) is 0 Å². The zero-order chi connectivity index (χ0) is 45.4. The molecule has 2 heterocycles. The number of hydrogen-bond donors (Lipinski definition) is 4. The molecule has 2 aliphatic heterocycles. The molecule has 23 nitrogen and oxygen atoms in total. The van der Waals surface area contributed by atoms with Gasteiger partial charge < -0.3 is 49.7 Å². The molecule has 8 amide bonds. The third kappa shape index (κ3) is 25.0. The summed E-state index contributed by atoms with van der Waals surface area (Å²) in [5, 5.41) is 9.94. The predicted molar refractivity (Wildman–Crippen MR) is 214 cm³/mol. The quantitative estimate of drug-likeness (QED) is 0.0253. The van der Waals surface area contributed by atoms with Gasteiger partial charge in [0.2, 0.25) is 11.8 Å². The van der Waals surface area contributed by atoms with Crippen molar-refractivity contribution < 1.29 is 76.4 Å². The summed E-state index contributed by atoms with van der Waals surface area (Å²) in [6.07, 6.45) is 7.72. The minimum absolute atomic E-state index is 0.00577. The van der Waals surface area contributed by atoms with Gasteiger partial charge in [0.25, 0.3) is 23.6 Å². The van der Waals surface area contributed by atoms with Crippen LogP contribution in [-0.2, 0) is 66.8 Å². The van der Waals surface area contributed by atoms with E-state index in [-0.39, 0.29) is 101 Å². The van der Waals surface area contributed by atoms with E-state index < -0.39 is 37.2 Å². The lowest BCUT2D eigenvalue weighted by Crippen LogP contribution is -2.35. The zero-order valence-electron chi connectivity index (χ0n) is 35.2. The van der Waals surface area contributed by atoms with E-state index in [1.165, 1.54) is 34.1 Å². The van der Waals surface area contributed by atoms with Crippen LogP contribution >= 0.6 is 0 Å². The molecule has 0 aromatic rings. The molecule has 0 fully saturated rings. The average Bonchev–Trinajstić information content (AvgIpc) is 3.74. The Bertz CT molecular complexity index is 1420. The SMILES string of the molecule is CN(CCOC(=O)CNC(=O)OCCOCCNC(=O)CCCCCN1C(=O)C=CC1=O)CCOC(=O)CNC(=O)OCCOCCNC(=O)CCCCCN1C(=O)C=CC1=O. The molecule has 0 saturated carbocycles. The first kappa shape index (κ1) is 52.2. The minimum atomic E-state index is -0.840. The fourth-order valence-corrected chi connectivity index (χ4v) is 5.30. The van der Waals surface area contributed by atoms with E-state index >= 15 is 0 Å². The van der Waals surface area contributed by atoms with Gasteiger partial charge in [-0.1, -0.05) is 12.8 Å². The molecule has 0 aromatic carbocycles. The lowest BCUT2D eigenvalue weighted by atomic mass is 10.2.